The highest BCUT2D eigenvalue weighted by Crippen LogP contribution is 2.14. The Morgan fingerprint density at radius 3 is 2.55 bits per heavy atom. The van der Waals surface area contributed by atoms with Gasteiger partial charge in [0.1, 0.15) is 11.9 Å². The predicted octanol–water partition coefficient (Wildman–Crippen LogP) is 2.26. The third-order valence-electron chi connectivity index (χ3n) is 3.12. The number of primary amides is 1. The molecule has 0 saturated carbocycles. The summed E-state index contributed by atoms with van der Waals surface area (Å²) in [6.45, 7) is 0. The summed E-state index contributed by atoms with van der Waals surface area (Å²) in [5, 5.41) is 2.55. The first kappa shape index (κ1) is 16.4. The Labute approximate surface area is 141 Å². The van der Waals surface area contributed by atoms with Gasteiger partial charge in [0, 0.05) is 15.6 Å². The molecule has 0 spiro atoms. The minimum atomic E-state index is -0.855. The fraction of sp³-hybridized carbons (Fsp3) is 0.125. The summed E-state index contributed by atoms with van der Waals surface area (Å²) in [4.78, 5) is 23.7. The molecule has 0 saturated heterocycles. The normalized spacial score (nSPS) is 11.7. The van der Waals surface area contributed by atoms with E-state index in [1.54, 1.807) is 0 Å². The van der Waals surface area contributed by atoms with Crippen molar-refractivity contribution < 1.29 is 14.0 Å². The summed E-state index contributed by atoms with van der Waals surface area (Å²) in [6, 6.07) is 11.9. The van der Waals surface area contributed by atoms with E-state index in [1.807, 2.05) is 24.3 Å². The number of hydrogen-bond donors (Lipinski definition) is 2. The number of amides is 2. The molecule has 0 heterocycles. The zero-order valence-corrected chi connectivity index (χ0v) is 13.7. The lowest BCUT2D eigenvalue weighted by Crippen LogP contribution is -2.46. The van der Waals surface area contributed by atoms with Crippen molar-refractivity contribution in [1.82, 2.24) is 5.32 Å². The van der Waals surface area contributed by atoms with Crippen molar-refractivity contribution in [3.63, 3.8) is 0 Å². The zero-order valence-electron chi connectivity index (χ0n) is 11.6. The van der Waals surface area contributed by atoms with Crippen molar-refractivity contribution in [3.05, 3.63) is 69.0 Å². The lowest BCUT2D eigenvalue weighted by atomic mass is 10.0. The smallest absolute Gasteiger partial charge is 0.252 e. The fourth-order valence-electron chi connectivity index (χ4n) is 1.98. The zero-order chi connectivity index (χ0) is 16.1. The monoisotopic (exact) mass is 412 g/mol. The molecule has 2 aromatic carbocycles. The lowest BCUT2D eigenvalue weighted by molar-refractivity contribution is -0.119. The Bertz CT molecular complexity index is 706. The number of nitrogens with one attached hydrogen (secondary N) is 1. The topological polar surface area (TPSA) is 72.2 Å². The third kappa shape index (κ3) is 4.27. The first-order valence-electron chi connectivity index (χ1n) is 6.56. The van der Waals surface area contributed by atoms with Gasteiger partial charge in [-0.15, -0.1) is 0 Å². The molecule has 2 rings (SSSR count). The van der Waals surface area contributed by atoms with Gasteiger partial charge >= 0.3 is 0 Å². The van der Waals surface area contributed by atoms with Crippen LogP contribution in [0, 0.1) is 9.39 Å². The average molecular weight is 412 g/mol. The van der Waals surface area contributed by atoms with Crippen LogP contribution in [0.15, 0.2) is 48.5 Å². The summed E-state index contributed by atoms with van der Waals surface area (Å²) in [7, 11) is 0. The molecule has 1 atom stereocenters. The number of benzene rings is 2. The number of halogens is 2. The van der Waals surface area contributed by atoms with E-state index in [0.29, 0.717) is 0 Å². The van der Waals surface area contributed by atoms with E-state index in [4.69, 9.17) is 5.73 Å². The van der Waals surface area contributed by atoms with Gasteiger partial charge < -0.3 is 11.1 Å². The first-order chi connectivity index (χ1) is 10.5. The van der Waals surface area contributed by atoms with E-state index < -0.39 is 23.7 Å². The maximum Gasteiger partial charge on any atom is 0.252 e. The Kier molecular flexibility index (Phi) is 5.48. The van der Waals surface area contributed by atoms with Crippen molar-refractivity contribution in [2.45, 2.75) is 12.5 Å². The van der Waals surface area contributed by atoms with E-state index in [9.17, 15) is 14.0 Å². The molecule has 22 heavy (non-hydrogen) atoms. The van der Waals surface area contributed by atoms with Gasteiger partial charge in [-0.05, 0) is 52.4 Å². The Morgan fingerprint density at radius 2 is 1.91 bits per heavy atom. The molecule has 0 aliphatic rings. The lowest BCUT2D eigenvalue weighted by Gasteiger charge is -2.16. The van der Waals surface area contributed by atoms with Crippen LogP contribution in [0.1, 0.15) is 15.9 Å². The largest absolute Gasteiger partial charge is 0.368 e. The number of carbonyl (C=O) groups excluding carboxylic acids is 2. The van der Waals surface area contributed by atoms with Crippen LogP contribution in [-0.4, -0.2) is 17.9 Å². The SMILES string of the molecule is NC(=O)[C@@H](Cc1ccccc1I)NC(=O)c1cccc(F)c1. The van der Waals surface area contributed by atoms with E-state index in [0.717, 1.165) is 15.2 Å². The molecule has 0 aliphatic heterocycles. The second-order valence-electron chi connectivity index (χ2n) is 4.73. The van der Waals surface area contributed by atoms with Crippen molar-refractivity contribution in [2.24, 2.45) is 5.73 Å². The summed E-state index contributed by atoms with van der Waals surface area (Å²) in [5.41, 5.74) is 6.42. The first-order valence-corrected chi connectivity index (χ1v) is 7.64. The molecule has 6 heteroatoms. The van der Waals surface area contributed by atoms with Crippen LogP contribution in [0.25, 0.3) is 0 Å². The van der Waals surface area contributed by atoms with Crippen LogP contribution in [0.4, 0.5) is 4.39 Å². The van der Waals surface area contributed by atoms with Gasteiger partial charge in [-0.25, -0.2) is 4.39 Å². The van der Waals surface area contributed by atoms with Crippen molar-refractivity contribution in [1.29, 1.82) is 0 Å². The second-order valence-corrected chi connectivity index (χ2v) is 5.90. The Balaban J connectivity index is 2.14. The molecular formula is C16H14FIN2O2. The van der Waals surface area contributed by atoms with Gasteiger partial charge in [0.2, 0.25) is 5.91 Å². The second kappa shape index (κ2) is 7.35. The molecule has 2 aromatic rings. The Hall–Kier alpha value is -1.96. The highest BCUT2D eigenvalue weighted by atomic mass is 127. The fourth-order valence-corrected chi connectivity index (χ4v) is 2.59. The third-order valence-corrected chi connectivity index (χ3v) is 4.17. The molecule has 114 valence electrons. The Morgan fingerprint density at radius 1 is 1.18 bits per heavy atom. The number of rotatable bonds is 5. The number of hydrogen-bond acceptors (Lipinski definition) is 2. The quantitative estimate of drug-likeness (QED) is 0.740. The molecular weight excluding hydrogens is 398 g/mol. The molecule has 0 unspecified atom stereocenters. The van der Waals surface area contributed by atoms with Gasteiger partial charge in [0.15, 0.2) is 0 Å². The van der Waals surface area contributed by atoms with Crippen LogP contribution < -0.4 is 11.1 Å². The average Bonchev–Trinajstić information content (AvgIpc) is 2.48. The summed E-state index contributed by atoms with van der Waals surface area (Å²) >= 11 is 2.15. The minimum Gasteiger partial charge on any atom is -0.368 e. The summed E-state index contributed by atoms with van der Waals surface area (Å²) in [5.74, 6) is -1.68. The van der Waals surface area contributed by atoms with Crippen LogP contribution in [0.5, 0.6) is 0 Å². The molecule has 3 N–H and O–H groups in total. The summed E-state index contributed by atoms with van der Waals surface area (Å²) < 4.78 is 14.1. The van der Waals surface area contributed by atoms with Crippen LogP contribution >= 0.6 is 22.6 Å². The predicted molar refractivity (Wildman–Crippen MR) is 89.7 cm³/mol. The van der Waals surface area contributed by atoms with Gasteiger partial charge in [-0.1, -0.05) is 24.3 Å². The van der Waals surface area contributed by atoms with Gasteiger partial charge in [0.05, 0.1) is 0 Å². The van der Waals surface area contributed by atoms with E-state index >= 15 is 0 Å². The van der Waals surface area contributed by atoms with Crippen LogP contribution in [-0.2, 0) is 11.2 Å². The molecule has 0 aromatic heterocycles. The standard InChI is InChI=1S/C16H14FIN2O2/c17-12-6-3-5-11(8-12)16(22)20-14(15(19)21)9-10-4-1-2-7-13(10)18/h1-8,14H,9H2,(H2,19,21)(H,20,22)/t14-/m1/s1. The maximum atomic E-state index is 13.2. The molecule has 0 aliphatic carbocycles. The van der Waals surface area contributed by atoms with Crippen LogP contribution in [0.2, 0.25) is 0 Å². The molecule has 2 amide bonds. The number of carbonyl (C=O) groups is 2. The van der Waals surface area contributed by atoms with Crippen LogP contribution in [0.3, 0.4) is 0 Å². The minimum absolute atomic E-state index is 0.147. The summed E-state index contributed by atoms with van der Waals surface area (Å²) in [6.07, 6.45) is 0.287. The molecule has 4 nitrogen and oxygen atoms in total. The number of nitrogens with two attached hydrogens (primary N) is 1. The molecule has 0 bridgehead atoms. The van der Waals surface area contributed by atoms with Crippen molar-refractivity contribution in [3.8, 4) is 0 Å². The van der Waals surface area contributed by atoms with Gasteiger partial charge in [-0.2, -0.15) is 0 Å². The van der Waals surface area contributed by atoms with E-state index in [2.05, 4.69) is 27.9 Å². The highest BCUT2D eigenvalue weighted by molar-refractivity contribution is 14.1. The van der Waals surface area contributed by atoms with E-state index in [1.165, 1.54) is 18.2 Å². The molecule has 0 fully saturated rings. The molecule has 0 radical (unpaired) electrons. The van der Waals surface area contributed by atoms with Crippen molar-refractivity contribution in [2.75, 3.05) is 0 Å². The highest BCUT2D eigenvalue weighted by Gasteiger charge is 2.20. The maximum absolute atomic E-state index is 13.2. The van der Waals surface area contributed by atoms with Crippen molar-refractivity contribution >= 4 is 34.4 Å². The van der Waals surface area contributed by atoms with Gasteiger partial charge in [-0.3, -0.25) is 9.59 Å². The van der Waals surface area contributed by atoms with Gasteiger partial charge in [0.25, 0.3) is 5.91 Å². The van der Waals surface area contributed by atoms with E-state index in [-0.39, 0.29) is 12.0 Å².